The van der Waals surface area contributed by atoms with Gasteiger partial charge in [-0.25, -0.2) is 4.63 Å². The van der Waals surface area contributed by atoms with E-state index in [-0.39, 0.29) is 17.8 Å². The van der Waals surface area contributed by atoms with Crippen molar-refractivity contribution < 1.29 is 14.2 Å². The van der Waals surface area contributed by atoms with Gasteiger partial charge in [-0.2, -0.15) is 0 Å². The van der Waals surface area contributed by atoms with E-state index in [0.29, 0.717) is 16.3 Å². The van der Waals surface area contributed by atoms with E-state index in [1.54, 1.807) is 24.3 Å². The van der Waals surface area contributed by atoms with Crippen molar-refractivity contribution in [3.05, 3.63) is 59.1 Å². The van der Waals surface area contributed by atoms with Crippen molar-refractivity contribution in [3.63, 3.8) is 0 Å². The maximum atomic E-state index is 12.4. The number of nitrogens with one attached hydrogen (secondary N) is 1. The second-order valence-corrected chi connectivity index (χ2v) is 5.99. The van der Waals surface area contributed by atoms with Crippen LogP contribution in [0, 0.1) is 0 Å². The second kappa shape index (κ2) is 7.36. The summed E-state index contributed by atoms with van der Waals surface area (Å²) in [5.41, 5.74) is 1.52. The minimum atomic E-state index is -0.387. The summed E-state index contributed by atoms with van der Waals surface area (Å²) in [6, 6.07) is 14.0. The second-order valence-electron chi connectivity index (χ2n) is 5.59. The predicted molar refractivity (Wildman–Crippen MR) is 94.9 cm³/mol. The Morgan fingerprint density at radius 2 is 1.84 bits per heavy atom. The minimum Gasteiger partial charge on any atom is -0.491 e. The number of carbonyl (C=O) groups excluding carboxylic acids is 1. The molecule has 6 nitrogen and oxygen atoms in total. The first-order chi connectivity index (χ1) is 12.0. The number of hydrogen-bond donors (Lipinski definition) is 1. The Kier molecular flexibility index (Phi) is 5.00. The molecule has 0 bridgehead atoms. The lowest BCUT2D eigenvalue weighted by atomic mass is 10.1. The summed E-state index contributed by atoms with van der Waals surface area (Å²) in [6.07, 6.45) is 0.0880. The lowest BCUT2D eigenvalue weighted by Gasteiger charge is -2.09. The molecule has 0 aliphatic rings. The predicted octanol–water partition coefficient (Wildman–Crippen LogP) is 4.43. The van der Waals surface area contributed by atoms with Crippen molar-refractivity contribution in [1.82, 2.24) is 10.3 Å². The molecule has 0 atom stereocenters. The number of anilines is 1. The van der Waals surface area contributed by atoms with Gasteiger partial charge < -0.3 is 10.1 Å². The van der Waals surface area contributed by atoms with E-state index < -0.39 is 0 Å². The van der Waals surface area contributed by atoms with E-state index >= 15 is 0 Å². The van der Waals surface area contributed by atoms with E-state index in [4.69, 9.17) is 21.0 Å². The largest absolute Gasteiger partial charge is 0.491 e. The summed E-state index contributed by atoms with van der Waals surface area (Å²) in [5.74, 6) is 0.585. The Morgan fingerprint density at radius 1 is 1.12 bits per heavy atom. The summed E-state index contributed by atoms with van der Waals surface area (Å²) >= 11 is 6.04. The lowest BCUT2D eigenvalue weighted by molar-refractivity contribution is 0.102. The van der Waals surface area contributed by atoms with Crippen LogP contribution in [0.15, 0.2) is 53.2 Å². The number of benzene rings is 2. The van der Waals surface area contributed by atoms with Crippen LogP contribution in [0.2, 0.25) is 5.02 Å². The molecule has 3 rings (SSSR count). The van der Waals surface area contributed by atoms with Crippen molar-refractivity contribution >= 4 is 23.3 Å². The lowest BCUT2D eigenvalue weighted by Crippen LogP contribution is -2.13. The molecule has 25 heavy (non-hydrogen) atoms. The molecule has 0 saturated heterocycles. The molecule has 0 aliphatic carbocycles. The van der Waals surface area contributed by atoms with Gasteiger partial charge in [0.1, 0.15) is 5.75 Å². The smallest absolute Gasteiger partial charge is 0.258 e. The van der Waals surface area contributed by atoms with Crippen LogP contribution >= 0.6 is 11.6 Å². The molecular formula is C18H16ClN3O3. The number of ether oxygens (including phenoxy) is 1. The Bertz CT molecular complexity index is 875. The quantitative estimate of drug-likeness (QED) is 0.730. The van der Waals surface area contributed by atoms with Crippen molar-refractivity contribution in [1.29, 1.82) is 0 Å². The van der Waals surface area contributed by atoms with Gasteiger partial charge in [0.15, 0.2) is 5.69 Å². The number of aromatic nitrogens is 2. The molecule has 0 unspecified atom stereocenters. The van der Waals surface area contributed by atoms with Crippen LogP contribution in [0.25, 0.3) is 11.3 Å². The van der Waals surface area contributed by atoms with Gasteiger partial charge in [-0.1, -0.05) is 23.7 Å². The minimum absolute atomic E-state index is 0.0880. The fourth-order valence-corrected chi connectivity index (χ4v) is 2.47. The van der Waals surface area contributed by atoms with Gasteiger partial charge in [0, 0.05) is 5.56 Å². The normalized spacial score (nSPS) is 10.7. The fourth-order valence-electron chi connectivity index (χ4n) is 2.24. The van der Waals surface area contributed by atoms with Crippen LogP contribution in [0.3, 0.4) is 0 Å². The number of halogens is 1. The molecule has 7 heteroatoms. The van der Waals surface area contributed by atoms with Crippen LogP contribution in [-0.2, 0) is 0 Å². The molecule has 1 amide bonds. The molecule has 0 saturated carbocycles. The van der Waals surface area contributed by atoms with E-state index in [0.717, 1.165) is 11.3 Å². The monoisotopic (exact) mass is 357 g/mol. The molecule has 0 fully saturated rings. The Balaban J connectivity index is 1.81. The molecule has 1 heterocycles. The van der Waals surface area contributed by atoms with Crippen molar-refractivity contribution in [3.8, 4) is 17.0 Å². The third-order valence-corrected chi connectivity index (χ3v) is 3.67. The van der Waals surface area contributed by atoms with Gasteiger partial charge in [-0.05, 0) is 60.6 Å². The van der Waals surface area contributed by atoms with Gasteiger partial charge in [0.2, 0.25) is 5.82 Å². The van der Waals surface area contributed by atoms with Crippen LogP contribution in [-0.4, -0.2) is 22.3 Å². The Morgan fingerprint density at radius 3 is 2.52 bits per heavy atom. The number of amides is 1. The van der Waals surface area contributed by atoms with Crippen molar-refractivity contribution in [2.45, 2.75) is 20.0 Å². The highest BCUT2D eigenvalue weighted by molar-refractivity contribution is 6.34. The van der Waals surface area contributed by atoms with Crippen LogP contribution in [0.4, 0.5) is 5.82 Å². The van der Waals surface area contributed by atoms with Crippen LogP contribution < -0.4 is 10.1 Å². The topological polar surface area (TPSA) is 77.2 Å². The fraction of sp³-hybridized carbons (Fsp3) is 0.167. The van der Waals surface area contributed by atoms with E-state index in [2.05, 4.69) is 15.6 Å². The first-order valence-electron chi connectivity index (χ1n) is 7.70. The maximum absolute atomic E-state index is 12.4. The average molecular weight is 358 g/mol. The molecule has 1 aromatic heterocycles. The van der Waals surface area contributed by atoms with Crippen LogP contribution in [0.5, 0.6) is 5.75 Å². The van der Waals surface area contributed by atoms with Gasteiger partial charge in [0.25, 0.3) is 5.91 Å². The van der Waals surface area contributed by atoms with Crippen LogP contribution in [0.1, 0.15) is 24.2 Å². The molecule has 0 aliphatic heterocycles. The molecule has 1 N–H and O–H groups in total. The number of rotatable bonds is 5. The van der Waals surface area contributed by atoms with Gasteiger partial charge in [0.05, 0.1) is 16.7 Å². The number of carbonyl (C=O) groups is 1. The number of hydrogen-bond acceptors (Lipinski definition) is 5. The summed E-state index contributed by atoms with van der Waals surface area (Å²) in [4.78, 5) is 12.4. The first-order valence-corrected chi connectivity index (χ1v) is 8.08. The zero-order valence-electron chi connectivity index (χ0n) is 13.7. The third-order valence-electron chi connectivity index (χ3n) is 3.34. The molecular weight excluding hydrogens is 342 g/mol. The standard InChI is InChI=1S/C18H16ClN3O3/c1-11(2)24-13-9-7-12(8-10-13)16-17(22-25-21-16)20-18(23)14-5-3-4-6-15(14)19/h3-11H,1-2H3,(H,20,22,23). The van der Waals surface area contributed by atoms with Crippen molar-refractivity contribution in [2.24, 2.45) is 0 Å². The highest BCUT2D eigenvalue weighted by atomic mass is 35.5. The van der Waals surface area contributed by atoms with E-state index in [9.17, 15) is 4.79 Å². The van der Waals surface area contributed by atoms with Gasteiger partial charge in [-0.15, -0.1) is 0 Å². The SMILES string of the molecule is CC(C)Oc1ccc(-c2nonc2NC(=O)c2ccccc2Cl)cc1. The van der Waals surface area contributed by atoms with Crippen molar-refractivity contribution in [2.75, 3.05) is 5.32 Å². The summed E-state index contributed by atoms with van der Waals surface area (Å²) in [6.45, 7) is 3.91. The first kappa shape index (κ1) is 17.0. The molecule has 128 valence electrons. The maximum Gasteiger partial charge on any atom is 0.258 e. The summed E-state index contributed by atoms with van der Waals surface area (Å²) in [5, 5.41) is 10.7. The molecule has 3 aromatic rings. The zero-order chi connectivity index (χ0) is 17.8. The van der Waals surface area contributed by atoms with E-state index in [1.165, 1.54) is 0 Å². The highest BCUT2D eigenvalue weighted by Crippen LogP contribution is 2.27. The van der Waals surface area contributed by atoms with E-state index in [1.807, 2.05) is 38.1 Å². The zero-order valence-corrected chi connectivity index (χ0v) is 14.4. The third kappa shape index (κ3) is 3.97. The van der Waals surface area contributed by atoms with Gasteiger partial charge in [-0.3, -0.25) is 4.79 Å². The highest BCUT2D eigenvalue weighted by Gasteiger charge is 2.17. The molecule has 0 spiro atoms. The summed E-state index contributed by atoms with van der Waals surface area (Å²) in [7, 11) is 0. The van der Waals surface area contributed by atoms with Gasteiger partial charge >= 0.3 is 0 Å². The molecule has 0 radical (unpaired) electrons. The molecule has 2 aromatic carbocycles. The summed E-state index contributed by atoms with van der Waals surface area (Å²) < 4.78 is 10.4. The average Bonchev–Trinajstić information content (AvgIpc) is 3.03. The Hall–Kier alpha value is -2.86. The number of nitrogens with zero attached hydrogens (tertiary/aromatic N) is 2. The Labute approximate surface area is 149 Å².